The molecule has 1 aliphatic rings. The van der Waals surface area contributed by atoms with Gasteiger partial charge in [-0.25, -0.2) is 9.89 Å². The third-order valence-electron chi connectivity index (χ3n) is 5.06. The van der Waals surface area contributed by atoms with Gasteiger partial charge in [-0.05, 0) is 28.8 Å². The average Bonchev–Trinajstić information content (AvgIpc) is 3.06. The largest absolute Gasteiger partial charge is 0.348 e. The molecule has 0 saturated carbocycles. The summed E-state index contributed by atoms with van der Waals surface area (Å²) in [5.41, 5.74) is 6.65. The molecule has 3 aromatic rings. The van der Waals surface area contributed by atoms with E-state index in [2.05, 4.69) is 27.6 Å². The molecule has 0 aliphatic carbocycles. The molecular weight excluding hydrogens is 330 g/mol. The van der Waals surface area contributed by atoms with Gasteiger partial charge in [-0.15, -0.1) is 0 Å². The summed E-state index contributed by atoms with van der Waals surface area (Å²) in [6.45, 7) is 0.666. The lowest BCUT2D eigenvalue weighted by Crippen LogP contribution is -2.41. The Balaban J connectivity index is 1.51. The van der Waals surface area contributed by atoms with Crippen LogP contribution in [0.5, 0.6) is 0 Å². The SMILES string of the molecule is NCC(NC(=O)C1CCc2n[nH]c(=O)n2C1)c1ccc2ccccc2c1. The van der Waals surface area contributed by atoms with E-state index in [4.69, 9.17) is 5.73 Å². The van der Waals surface area contributed by atoms with Crippen LogP contribution >= 0.6 is 0 Å². The number of fused-ring (bicyclic) bond motifs is 2. The third kappa shape index (κ3) is 3.01. The first-order valence-corrected chi connectivity index (χ1v) is 8.79. The molecule has 4 rings (SSSR count). The van der Waals surface area contributed by atoms with Crippen LogP contribution in [0.25, 0.3) is 10.8 Å². The van der Waals surface area contributed by atoms with E-state index in [1.807, 2.05) is 30.3 Å². The minimum atomic E-state index is -0.262. The van der Waals surface area contributed by atoms with E-state index < -0.39 is 0 Å². The van der Waals surface area contributed by atoms with Crippen LogP contribution < -0.4 is 16.7 Å². The summed E-state index contributed by atoms with van der Waals surface area (Å²) in [6, 6.07) is 13.9. The van der Waals surface area contributed by atoms with Crippen molar-refractivity contribution in [2.75, 3.05) is 6.54 Å². The molecule has 134 valence electrons. The minimum absolute atomic E-state index is 0.0765. The van der Waals surface area contributed by atoms with Crippen molar-refractivity contribution in [2.24, 2.45) is 11.7 Å². The van der Waals surface area contributed by atoms with E-state index >= 15 is 0 Å². The second-order valence-electron chi connectivity index (χ2n) is 6.69. The minimum Gasteiger partial charge on any atom is -0.348 e. The van der Waals surface area contributed by atoms with E-state index in [0.29, 0.717) is 31.8 Å². The molecule has 0 radical (unpaired) electrons. The molecule has 1 aliphatic heterocycles. The number of benzene rings is 2. The lowest BCUT2D eigenvalue weighted by molar-refractivity contribution is -0.126. The number of aryl methyl sites for hydroxylation is 1. The molecule has 2 heterocycles. The van der Waals surface area contributed by atoms with Crippen LogP contribution in [0, 0.1) is 5.92 Å². The highest BCUT2D eigenvalue weighted by molar-refractivity contribution is 5.83. The quantitative estimate of drug-likeness (QED) is 0.654. The average molecular weight is 351 g/mol. The van der Waals surface area contributed by atoms with Crippen LogP contribution in [0.4, 0.5) is 0 Å². The van der Waals surface area contributed by atoms with E-state index in [9.17, 15) is 9.59 Å². The molecule has 2 unspecified atom stereocenters. The Labute approximate surface area is 150 Å². The zero-order chi connectivity index (χ0) is 18.1. The predicted octanol–water partition coefficient (Wildman–Crippen LogP) is 1.10. The molecule has 0 fully saturated rings. The van der Waals surface area contributed by atoms with Crippen molar-refractivity contribution >= 4 is 16.7 Å². The maximum absolute atomic E-state index is 12.7. The highest BCUT2D eigenvalue weighted by Gasteiger charge is 2.28. The number of carbonyl (C=O) groups is 1. The first-order chi connectivity index (χ1) is 12.7. The van der Waals surface area contributed by atoms with Crippen molar-refractivity contribution in [3.63, 3.8) is 0 Å². The second kappa shape index (κ2) is 6.76. The molecule has 0 spiro atoms. The van der Waals surface area contributed by atoms with E-state index in [0.717, 1.165) is 16.3 Å². The van der Waals surface area contributed by atoms with E-state index in [-0.39, 0.29) is 23.6 Å². The van der Waals surface area contributed by atoms with Gasteiger partial charge in [0.25, 0.3) is 0 Å². The number of amides is 1. The molecule has 0 bridgehead atoms. The summed E-state index contributed by atoms with van der Waals surface area (Å²) >= 11 is 0. The molecule has 0 saturated heterocycles. The van der Waals surface area contributed by atoms with Crippen LogP contribution in [-0.2, 0) is 17.8 Å². The lowest BCUT2D eigenvalue weighted by atomic mass is 9.96. The number of hydrogen-bond donors (Lipinski definition) is 3. The summed E-state index contributed by atoms with van der Waals surface area (Å²) in [4.78, 5) is 24.5. The number of aromatic amines is 1. The van der Waals surface area contributed by atoms with Gasteiger partial charge in [-0.2, -0.15) is 5.10 Å². The van der Waals surface area contributed by atoms with Gasteiger partial charge in [0.15, 0.2) is 0 Å². The summed E-state index contributed by atoms with van der Waals surface area (Å²) in [5.74, 6) is 0.378. The van der Waals surface area contributed by atoms with Crippen molar-refractivity contribution in [1.82, 2.24) is 20.1 Å². The van der Waals surface area contributed by atoms with Crippen molar-refractivity contribution in [2.45, 2.75) is 25.4 Å². The Morgan fingerprint density at radius 2 is 2.12 bits per heavy atom. The van der Waals surface area contributed by atoms with Gasteiger partial charge in [0.1, 0.15) is 5.82 Å². The first-order valence-electron chi connectivity index (χ1n) is 8.79. The zero-order valence-corrected chi connectivity index (χ0v) is 14.3. The second-order valence-corrected chi connectivity index (χ2v) is 6.69. The number of aromatic nitrogens is 3. The Kier molecular flexibility index (Phi) is 4.30. The van der Waals surface area contributed by atoms with Gasteiger partial charge in [0.2, 0.25) is 5.91 Å². The summed E-state index contributed by atoms with van der Waals surface area (Å²) in [5, 5.41) is 11.7. The van der Waals surface area contributed by atoms with Gasteiger partial charge in [-0.3, -0.25) is 9.36 Å². The number of nitrogens with two attached hydrogens (primary N) is 1. The molecule has 1 amide bonds. The summed E-state index contributed by atoms with van der Waals surface area (Å²) in [6.07, 6.45) is 1.28. The first kappa shape index (κ1) is 16.5. The maximum atomic E-state index is 12.7. The highest BCUT2D eigenvalue weighted by atomic mass is 16.2. The van der Waals surface area contributed by atoms with Gasteiger partial charge in [0.05, 0.1) is 12.0 Å². The van der Waals surface area contributed by atoms with Gasteiger partial charge in [0, 0.05) is 19.5 Å². The molecule has 1 aromatic heterocycles. The summed E-state index contributed by atoms with van der Waals surface area (Å²) in [7, 11) is 0. The van der Waals surface area contributed by atoms with Crippen LogP contribution in [0.1, 0.15) is 23.9 Å². The van der Waals surface area contributed by atoms with Crippen molar-refractivity contribution < 1.29 is 4.79 Å². The van der Waals surface area contributed by atoms with E-state index in [1.165, 1.54) is 0 Å². The molecule has 4 N–H and O–H groups in total. The predicted molar refractivity (Wildman–Crippen MR) is 98.5 cm³/mol. The molecule has 26 heavy (non-hydrogen) atoms. The van der Waals surface area contributed by atoms with Gasteiger partial charge in [-0.1, -0.05) is 36.4 Å². The number of hydrogen-bond acceptors (Lipinski definition) is 4. The molecule has 2 aromatic carbocycles. The smallest absolute Gasteiger partial charge is 0.343 e. The fourth-order valence-corrected chi connectivity index (χ4v) is 3.55. The number of rotatable bonds is 4. The molecule has 7 heteroatoms. The van der Waals surface area contributed by atoms with Crippen LogP contribution in [0.15, 0.2) is 47.3 Å². The normalized spacial score (nSPS) is 17.7. The van der Waals surface area contributed by atoms with Crippen LogP contribution in [-0.4, -0.2) is 27.2 Å². The Hall–Kier alpha value is -2.93. The highest BCUT2D eigenvalue weighted by Crippen LogP contribution is 2.22. The molecule has 2 atom stereocenters. The van der Waals surface area contributed by atoms with Gasteiger partial charge >= 0.3 is 5.69 Å². The topological polar surface area (TPSA) is 106 Å². The van der Waals surface area contributed by atoms with Crippen molar-refractivity contribution in [3.05, 3.63) is 64.3 Å². The molecular formula is C19H21N5O2. The van der Waals surface area contributed by atoms with Gasteiger partial charge < -0.3 is 11.1 Å². The standard InChI is InChI=1S/C19H21N5O2/c20-10-16(14-6-5-12-3-1-2-4-13(12)9-14)21-18(25)15-7-8-17-22-23-19(26)24(17)11-15/h1-6,9,15-16H,7-8,10-11,20H2,(H,21,25)(H,23,26). The number of nitrogens with zero attached hydrogens (tertiary/aromatic N) is 2. The Morgan fingerprint density at radius 3 is 2.92 bits per heavy atom. The maximum Gasteiger partial charge on any atom is 0.343 e. The third-order valence-corrected chi connectivity index (χ3v) is 5.06. The summed E-state index contributed by atoms with van der Waals surface area (Å²) < 4.78 is 1.54. The van der Waals surface area contributed by atoms with Crippen LogP contribution in [0.3, 0.4) is 0 Å². The zero-order valence-electron chi connectivity index (χ0n) is 14.3. The monoisotopic (exact) mass is 351 g/mol. The van der Waals surface area contributed by atoms with Crippen LogP contribution in [0.2, 0.25) is 0 Å². The van der Waals surface area contributed by atoms with Crippen molar-refractivity contribution in [1.29, 1.82) is 0 Å². The number of carbonyl (C=O) groups excluding carboxylic acids is 1. The Morgan fingerprint density at radius 1 is 1.31 bits per heavy atom. The number of nitrogens with one attached hydrogen (secondary N) is 2. The van der Waals surface area contributed by atoms with Crippen molar-refractivity contribution in [3.8, 4) is 0 Å². The fraction of sp³-hybridized carbons (Fsp3) is 0.316. The fourth-order valence-electron chi connectivity index (χ4n) is 3.55. The Bertz CT molecular complexity index is 1010. The lowest BCUT2D eigenvalue weighted by Gasteiger charge is -2.25. The molecule has 7 nitrogen and oxygen atoms in total. The number of H-pyrrole nitrogens is 1. The van der Waals surface area contributed by atoms with E-state index in [1.54, 1.807) is 4.57 Å².